The first-order valence-electron chi connectivity index (χ1n) is 6.20. The fourth-order valence-electron chi connectivity index (χ4n) is 2.39. The van der Waals surface area contributed by atoms with Gasteiger partial charge in [0, 0.05) is 18.3 Å². The molecule has 0 aromatic carbocycles. The Morgan fingerprint density at radius 3 is 2.72 bits per heavy atom. The second-order valence-corrected chi connectivity index (χ2v) is 6.89. The Morgan fingerprint density at radius 2 is 2.22 bits per heavy atom. The normalized spacial score (nSPS) is 29.3. The van der Waals surface area contributed by atoms with Gasteiger partial charge in [-0.2, -0.15) is 5.10 Å². The maximum absolute atomic E-state index is 12.2. The average Bonchev–Trinajstić information content (AvgIpc) is 2.87. The fourth-order valence-corrected chi connectivity index (χ4v) is 3.77. The van der Waals surface area contributed by atoms with E-state index in [4.69, 9.17) is 5.73 Å². The Labute approximate surface area is 107 Å². The molecule has 7 heteroatoms. The number of sulfonamides is 1. The average molecular weight is 272 g/mol. The van der Waals surface area contributed by atoms with Gasteiger partial charge in [-0.1, -0.05) is 6.92 Å². The van der Waals surface area contributed by atoms with Crippen molar-refractivity contribution < 1.29 is 8.42 Å². The lowest BCUT2D eigenvalue weighted by Gasteiger charge is -2.38. The zero-order valence-corrected chi connectivity index (χ0v) is 11.3. The number of nitrogens with zero attached hydrogens (tertiary/aromatic N) is 1. The number of H-pyrrole nitrogens is 1. The van der Waals surface area contributed by atoms with E-state index in [1.807, 2.05) is 0 Å². The minimum Gasteiger partial charge on any atom is -0.329 e. The molecule has 1 saturated carbocycles. The minimum atomic E-state index is -3.53. The monoisotopic (exact) mass is 272 g/mol. The zero-order valence-electron chi connectivity index (χ0n) is 10.5. The molecule has 1 heterocycles. The highest BCUT2D eigenvalue weighted by Gasteiger charge is 2.37. The number of nitrogens with one attached hydrogen (secondary N) is 2. The molecule has 102 valence electrons. The van der Waals surface area contributed by atoms with E-state index in [-0.39, 0.29) is 4.90 Å². The molecular formula is C11H20N4O2S. The Kier molecular flexibility index (Phi) is 3.74. The summed E-state index contributed by atoms with van der Waals surface area (Å²) < 4.78 is 27.1. The van der Waals surface area contributed by atoms with Crippen molar-refractivity contribution in [2.75, 3.05) is 6.54 Å². The Balaban J connectivity index is 2.16. The largest absolute Gasteiger partial charge is 0.329 e. The van der Waals surface area contributed by atoms with Crippen LogP contribution in [-0.2, 0) is 10.0 Å². The van der Waals surface area contributed by atoms with Crippen LogP contribution >= 0.6 is 0 Å². The Hall–Kier alpha value is -0.920. The van der Waals surface area contributed by atoms with Crippen LogP contribution in [-0.4, -0.2) is 30.7 Å². The predicted octanol–water partition coefficient (Wildman–Crippen LogP) is 0.596. The van der Waals surface area contributed by atoms with Crippen LogP contribution < -0.4 is 10.5 Å². The summed E-state index contributed by atoms with van der Waals surface area (Å²) in [5.41, 5.74) is 5.30. The number of hydrogen-bond acceptors (Lipinski definition) is 4. The fraction of sp³-hybridized carbons (Fsp3) is 0.727. The summed E-state index contributed by atoms with van der Waals surface area (Å²) in [7, 11) is -3.53. The van der Waals surface area contributed by atoms with Crippen LogP contribution in [0.25, 0.3) is 0 Å². The van der Waals surface area contributed by atoms with Gasteiger partial charge in [-0.15, -0.1) is 0 Å². The van der Waals surface area contributed by atoms with Crippen molar-refractivity contribution in [2.24, 2.45) is 11.7 Å². The number of aromatic amines is 1. The van der Waals surface area contributed by atoms with E-state index < -0.39 is 15.6 Å². The van der Waals surface area contributed by atoms with Gasteiger partial charge in [-0.3, -0.25) is 5.10 Å². The van der Waals surface area contributed by atoms with Gasteiger partial charge in [0.1, 0.15) is 4.90 Å². The molecule has 2 rings (SSSR count). The number of nitrogens with two attached hydrogens (primary N) is 1. The van der Waals surface area contributed by atoms with E-state index in [1.54, 1.807) is 0 Å². The van der Waals surface area contributed by atoms with E-state index >= 15 is 0 Å². The van der Waals surface area contributed by atoms with Crippen LogP contribution in [0.4, 0.5) is 0 Å². The van der Waals surface area contributed by atoms with Gasteiger partial charge in [-0.05, 0) is 31.6 Å². The van der Waals surface area contributed by atoms with Crippen LogP contribution in [0.15, 0.2) is 17.3 Å². The van der Waals surface area contributed by atoms with E-state index in [0.29, 0.717) is 12.5 Å². The number of rotatable bonds is 4. The van der Waals surface area contributed by atoms with Crippen LogP contribution in [0.5, 0.6) is 0 Å². The van der Waals surface area contributed by atoms with Crippen molar-refractivity contribution >= 4 is 10.0 Å². The molecule has 0 unspecified atom stereocenters. The molecule has 4 N–H and O–H groups in total. The first-order valence-corrected chi connectivity index (χ1v) is 7.69. The first kappa shape index (κ1) is 13.5. The Morgan fingerprint density at radius 1 is 1.56 bits per heavy atom. The third-order valence-electron chi connectivity index (χ3n) is 3.76. The van der Waals surface area contributed by atoms with Gasteiger partial charge in [0.2, 0.25) is 10.0 Å². The summed E-state index contributed by atoms with van der Waals surface area (Å²) in [6.45, 7) is 2.52. The smallest absolute Gasteiger partial charge is 0.244 e. The minimum absolute atomic E-state index is 0.161. The van der Waals surface area contributed by atoms with Crippen LogP contribution in [0.1, 0.15) is 32.6 Å². The molecule has 0 bridgehead atoms. The van der Waals surface area contributed by atoms with E-state index in [9.17, 15) is 8.42 Å². The van der Waals surface area contributed by atoms with E-state index in [2.05, 4.69) is 21.8 Å². The zero-order chi connectivity index (χ0) is 13.2. The summed E-state index contributed by atoms with van der Waals surface area (Å²) in [5, 5.41) is 6.18. The maximum atomic E-state index is 12.2. The molecule has 1 aliphatic carbocycles. The summed E-state index contributed by atoms with van der Waals surface area (Å²) in [6.07, 6.45) is 6.27. The molecule has 1 fully saturated rings. The van der Waals surface area contributed by atoms with Gasteiger partial charge in [0.15, 0.2) is 0 Å². The van der Waals surface area contributed by atoms with Crippen molar-refractivity contribution in [1.82, 2.24) is 14.9 Å². The molecule has 0 saturated heterocycles. The predicted molar refractivity (Wildman–Crippen MR) is 68.3 cm³/mol. The summed E-state index contributed by atoms with van der Waals surface area (Å²) in [6, 6.07) is 0. The second-order valence-electron chi connectivity index (χ2n) is 5.21. The highest BCUT2D eigenvalue weighted by Crippen LogP contribution is 2.32. The van der Waals surface area contributed by atoms with Gasteiger partial charge >= 0.3 is 0 Å². The van der Waals surface area contributed by atoms with Crippen molar-refractivity contribution in [3.63, 3.8) is 0 Å². The van der Waals surface area contributed by atoms with Crippen LogP contribution in [0.2, 0.25) is 0 Å². The molecular weight excluding hydrogens is 252 g/mol. The van der Waals surface area contributed by atoms with Crippen LogP contribution in [0, 0.1) is 5.92 Å². The summed E-state index contributed by atoms with van der Waals surface area (Å²) in [4.78, 5) is 0.161. The van der Waals surface area contributed by atoms with Crippen LogP contribution in [0.3, 0.4) is 0 Å². The molecule has 1 aromatic rings. The molecule has 6 nitrogen and oxygen atoms in total. The first-order chi connectivity index (χ1) is 8.47. The SMILES string of the molecule is CC1CCC(CN)(NS(=O)(=O)c2cn[nH]c2)CC1. The van der Waals surface area contributed by atoms with Crippen molar-refractivity contribution in [2.45, 2.75) is 43.0 Å². The molecule has 0 spiro atoms. The molecule has 0 aliphatic heterocycles. The summed E-state index contributed by atoms with van der Waals surface area (Å²) in [5.74, 6) is 0.642. The molecule has 0 amide bonds. The maximum Gasteiger partial charge on any atom is 0.244 e. The molecule has 0 radical (unpaired) electrons. The second kappa shape index (κ2) is 4.99. The molecule has 0 atom stereocenters. The van der Waals surface area contributed by atoms with E-state index in [0.717, 1.165) is 25.7 Å². The van der Waals surface area contributed by atoms with Crippen molar-refractivity contribution in [3.05, 3.63) is 12.4 Å². The van der Waals surface area contributed by atoms with Gasteiger partial charge in [0.25, 0.3) is 0 Å². The lowest BCUT2D eigenvalue weighted by atomic mass is 9.78. The number of aromatic nitrogens is 2. The molecule has 18 heavy (non-hydrogen) atoms. The Bertz CT molecular complexity index is 475. The van der Waals surface area contributed by atoms with Gasteiger partial charge < -0.3 is 5.73 Å². The molecule has 1 aliphatic rings. The van der Waals surface area contributed by atoms with E-state index in [1.165, 1.54) is 12.4 Å². The topological polar surface area (TPSA) is 101 Å². The quantitative estimate of drug-likeness (QED) is 0.747. The van der Waals surface area contributed by atoms with Crippen molar-refractivity contribution in [3.8, 4) is 0 Å². The summed E-state index contributed by atoms with van der Waals surface area (Å²) >= 11 is 0. The highest BCUT2D eigenvalue weighted by atomic mass is 32.2. The lowest BCUT2D eigenvalue weighted by molar-refractivity contribution is 0.231. The van der Waals surface area contributed by atoms with Crippen molar-refractivity contribution in [1.29, 1.82) is 0 Å². The number of hydrogen-bond donors (Lipinski definition) is 3. The van der Waals surface area contributed by atoms with Gasteiger partial charge in [0.05, 0.1) is 6.20 Å². The third-order valence-corrected chi connectivity index (χ3v) is 5.30. The van der Waals surface area contributed by atoms with Gasteiger partial charge in [-0.25, -0.2) is 13.1 Å². The highest BCUT2D eigenvalue weighted by molar-refractivity contribution is 7.89. The molecule has 1 aromatic heterocycles. The third kappa shape index (κ3) is 2.73. The lowest BCUT2D eigenvalue weighted by Crippen LogP contribution is -2.55. The standard InChI is InChI=1S/C11H20N4O2S/c1-9-2-4-11(8-12,5-3-9)15-18(16,17)10-6-13-14-7-10/h6-7,9,15H,2-5,8,12H2,1H3,(H,13,14).